The Hall–Kier alpha value is -1.40. The molecule has 3 nitrogen and oxygen atoms in total. The van der Waals surface area contributed by atoms with Gasteiger partial charge in [-0.25, -0.2) is 0 Å². The van der Waals surface area contributed by atoms with Gasteiger partial charge in [-0.15, -0.1) is 22.7 Å². The number of nitrogens with one attached hydrogen (secondary N) is 1. The van der Waals surface area contributed by atoms with Crippen molar-refractivity contribution in [1.82, 2.24) is 5.32 Å². The number of amides is 1. The first-order valence-electron chi connectivity index (χ1n) is 7.81. The number of halogens is 1. The lowest BCUT2D eigenvalue weighted by molar-refractivity contribution is 0.0947. The van der Waals surface area contributed by atoms with Crippen LogP contribution in [0.5, 0.6) is 0 Å². The fourth-order valence-corrected chi connectivity index (χ4v) is 5.10. The molecule has 24 heavy (non-hydrogen) atoms. The molecule has 0 saturated heterocycles. The maximum atomic E-state index is 12.2. The summed E-state index contributed by atoms with van der Waals surface area (Å²) >= 11 is 9.34. The fraction of sp³-hybridized carbons (Fsp3) is 0.278. The van der Waals surface area contributed by atoms with E-state index in [1.54, 1.807) is 23.5 Å². The number of aryl methyl sites for hydroxylation is 1. The predicted molar refractivity (Wildman–Crippen MR) is 102 cm³/mol. The first-order valence-corrected chi connectivity index (χ1v) is 9.82. The molecule has 2 heterocycles. The van der Waals surface area contributed by atoms with Crippen molar-refractivity contribution in [2.75, 3.05) is 6.54 Å². The number of aliphatic hydroxyl groups excluding tert-OH is 1. The van der Waals surface area contributed by atoms with Gasteiger partial charge in [-0.05, 0) is 36.6 Å². The number of hydrogen-bond donors (Lipinski definition) is 2. The van der Waals surface area contributed by atoms with Gasteiger partial charge in [0.05, 0.1) is 15.0 Å². The van der Waals surface area contributed by atoms with Crippen molar-refractivity contribution >= 4 is 49.6 Å². The third-order valence-electron chi connectivity index (χ3n) is 3.81. The average molecular weight is 380 g/mol. The van der Waals surface area contributed by atoms with Crippen LogP contribution in [0.3, 0.4) is 0 Å². The molecule has 0 saturated carbocycles. The van der Waals surface area contributed by atoms with Crippen LogP contribution in [0.25, 0.3) is 9.40 Å². The number of rotatable bonds is 6. The van der Waals surface area contributed by atoms with Gasteiger partial charge < -0.3 is 10.4 Å². The van der Waals surface area contributed by atoms with E-state index in [4.69, 9.17) is 11.6 Å². The molecule has 2 N–H and O–H groups in total. The highest BCUT2D eigenvalue weighted by molar-refractivity contribution is 7.39. The molecule has 1 aromatic carbocycles. The Morgan fingerprint density at radius 2 is 2.08 bits per heavy atom. The maximum Gasteiger partial charge on any atom is 0.261 e. The van der Waals surface area contributed by atoms with E-state index in [9.17, 15) is 9.90 Å². The van der Waals surface area contributed by atoms with Crippen molar-refractivity contribution in [1.29, 1.82) is 0 Å². The predicted octanol–water partition coefficient (Wildman–Crippen LogP) is 5.03. The van der Waals surface area contributed by atoms with Crippen LogP contribution in [0.15, 0.2) is 36.4 Å². The van der Waals surface area contributed by atoms with E-state index in [0.717, 1.165) is 11.8 Å². The summed E-state index contributed by atoms with van der Waals surface area (Å²) in [5.74, 6) is -0.0900. The molecule has 126 valence electrons. The summed E-state index contributed by atoms with van der Waals surface area (Å²) in [7, 11) is 0. The third kappa shape index (κ3) is 3.81. The minimum Gasteiger partial charge on any atom is -0.388 e. The molecule has 0 fully saturated rings. The van der Waals surface area contributed by atoms with Crippen LogP contribution in [0.2, 0.25) is 5.02 Å². The van der Waals surface area contributed by atoms with Gasteiger partial charge in [0.1, 0.15) is 0 Å². The molecule has 6 heteroatoms. The number of aliphatic hydroxyl groups is 1. The van der Waals surface area contributed by atoms with Crippen LogP contribution in [0, 0.1) is 0 Å². The number of hydrogen-bond acceptors (Lipinski definition) is 4. The van der Waals surface area contributed by atoms with Crippen LogP contribution in [0.4, 0.5) is 0 Å². The van der Waals surface area contributed by atoms with E-state index in [-0.39, 0.29) is 5.91 Å². The number of thiophene rings is 2. The van der Waals surface area contributed by atoms with Gasteiger partial charge in [0.2, 0.25) is 0 Å². The van der Waals surface area contributed by atoms with Crippen LogP contribution < -0.4 is 5.32 Å². The van der Waals surface area contributed by atoms with Crippen LogP contribution in [-0.4, -0.2) is 17.6 Å². The van der Waals surface area contributed by atoms with Crippen molar-refractivity contribution in [2.24, 2.45) is 0 Å². The van der Waals surface area contributed by atoms with E-state index in [1.807, 2.05) is 18.2 Å². The molecule has 3 aromatic rings. The van der Waals surface area contributed by atoms with Crippen molar-refractivity contribution in [3.63, 3.8) is 0 Å². The topological polar surface area (TPSA) is 49.3 Å². The summed E-state index contributed by atoms with van der Waals surface area (Å²) in [6.07, 6.45) is 0.765. The highest BCUT2D eigenvalue weighted by atomic mass is 35.5. The summed E-state index contributed by atoms with van der Waals surface area (Å²) < 4.78 is 1.19. The highest BCUT2D eigenvalue weighted by Gasteiger charge is 2.14. The smallest absolute Gasteiger partial charge is 0.261 e. The molecule has 1 amide bonds. The van der Waals surface area contributed by atoms with E-state index < -0.39 is 6.10 Å². The van der Waals surface area contributed by atoms with Gasteiger partial charge in [-0.2, -0.15) is 0 Å². The van der Waals surface area contributed by atoms with Gasteiger partial charge >= 0.3 is 0 Å². The van der Waals surface area contributed by atoms with Gasteiger partial charge in [0.25, 0.3) is 5.91 Å². The summed E-state index contributed by atoms with van der Waals surface area (Å²) in [5.41, 5.74) is 0.692. The zero-order valence-corrected chi connectivity index (χ0v) is 15.6. The molecule has 0 spiro atoms. The first-order chi connectivity index (χ1) is 11.6. The zero-order valence-electron chi connectivity index (χ0n) is 13.2. The molecule has 2 aromatic heterocycles. The Morgan fingerprint density at radius 3 is 2.79 bits per heavy atom. The van der Waals surface area contributed by atoms with Crippen LogP contribution >= 0.6 is 34.3 Å². The number of carbonyl (C=O) groups is 1. The summed E-state index contributed by atoms with van der Waals surface area (Å²) in [6, 6.07) is 11.3. The lowest BCUT2D eigenvalue weighted by Crippen LogP contribution is -2.24. The second-order valence-electron chi connectivity index (χ2n) is 5.50. The number of fused-ring (bicyclic) bond motifs is 1. The second-order valence-corrected chi connectivity index (χ2v) is 8.36. The quantitative estimate of drug-likeness (QED) is 0.630. The van der Waals surface area contributed by atoms with Gasteiger partial charge in [0, 0.05) is 21.8 Å². The Morgan fingerprint density at radius 1 is 1.29 bits per heavy atom. The largest absolute Gasteiger partial charge is 0.388 e. The van der Waals surface area contributed by atoms with E-state index >= 15 is 0 Å². The maximum absolute atomic E-state index is 12.2. The first kappa shape index (κ1) is 17.4. The Bertz CT molecular complexity index is 824. The highest BCUT2D eigenvalue weighted by Crippen LogP contribution is 2.33. The molecule has 0 aliphatic carbocycles. The molecule has 1 unspecified atom stereocenters. The Labute approximate surface area is 153 Å². The number of benzene rings is 1. The summed E-state index contributed by atoms with van der Waals surface area (Å²) in [5, 5.41) is 14.7. The molecular weight excluding hydrogens is 362 g/mol. The molecule has 0 radical (unpaired) electrons. The Kier molecular flexibility index (Phi) is 5.56. The SMILES string of the molecule is CCc1cc2cc(C(=O)NCCC(O)c3ccccc3Cl)sc2s1. The lowest BCUT2D eigenvalue weighted by Gasteiger charge is -2.12. The van der Waals surface area contributed by atoms with Crippen LogP contribution in [-0.2, 0) is 6.42 Å². The van der Waals surface area contributed by atoms with Gasteiger partial charge in [-0.3, -0.25) is 4.79 Å². The average Bonchev–Trinajstić information content (AvgIpc) is 3.13. The second kappa shape index (κ2) is 7.66. The molecule has 0 aliphatic rings. The van der Waals surface area contributed by atoms with Crippen molar-refractivity contribution in [3.8, 4) is 0 Å². The standard InChI is InChI=1S/C18H18ClNO2S2/c1-2-12-9-11-10-16(24-18(11)23-12)17(22)20-8-7-15(21)13-5-3-4-6-14(13)19/h3-6,9-10,15,21H,2,7-8H2,1H3,(H,20,22). The minimum absolute atomic E-state index is 0.0900. The summed E-state index contributed by atoms with van der Waals surface area (Å²) in [6.45, 7) is 2.53. The molecule has 1 atom stereocenters. The van der Waals surface area contributed by atoms with E-state index in [1.165, 1.54) is 20.2 Å². The van der Waals surface area contributed by atoms with Gasteiger partial charge in [-0.1, -0.05) is 36.7 Å². The number of carbonyl (C=O) groups excluding carboxylic acids is 1. The zero-order chi connectivity index (χ0) is 17.1. The molecule has 0 aliphatic heterocycles. The van der Waals surface area contributed by atoms with Gasteiger partial charge in [0.15, 0.2) is 0 Å². The van der Waals surface area contributed by atoms with E-state index in [0.29, 0.717) is 28.4 Å². The molecule has 3 rings (SSSR count). The molecular formula is C18H18ClNO2S2. The lowest BCUT2D eigenvalue weighted by atomic mass is 10.1. The third-order valence-corrected chi connectivity index (χ3v) is 6.68. The van der Waals surface area contributed by atoms with E-state index in [2.05, 4.69) is 18.3 Å². The molecule has 0 bridgehead atoms. The van der Waals surface area contributed by atoms with Crippen molar-refractivity contribution in [2.45, 2.75) is 25.9 Å². The minimum atomic E-state index is -0.682. The normalized spacial score (nSPS) is 12.5. The Balaban J connectivity index is 1.56. The van der Waals surface area contributed by atoms with Crippen molar-refractivity contribution < 1.29 is 9.90 Å². The van der Waals surface area contributed by atoms with Crippen LogP contribution in [0.1, 0.15) is 39.6 Å². The fourth-order valence-electron chi connectivity index (χ4n) is 2.49. The summed E-state index contributed by atoms with van der Waals surface area (Å²) in [4.78, 5) is 14.3. The van der Waals surface area contributed by atoms with Crippen molar-refractivity contribution in [3.05, 3.63) is 56.7 Å². The monoisotopic (exact) mass is 379 g/mol.